The average molecular weight is 380 g/mol. The van der Waals surface area contributed by atoms with E-state index in [2.05, 4.69) is 99.9 Å². The van der Waals surface area contributed by atoms with Crippen LogP contribution in [-0.2, 0) is 6.42 Å². The summed E-state index contributed by atoms with van der Waals surface area (Å²) < 4.78 is 9.29. The first-order chi connectivity index (χ1) is 12.8. The molecule has 0 bridgehead atoms. The van der Waals surface area contributed by atoms with Gasteiger partial charge in [0.25, 0.3) is 8.32 Å². The molecule has 1 aromatic carbocycles. The van der Waals surface area contributed by atoms with Crippen LogP contribution in [0.5, 0.6) is 5.75 Å². The second kappa shape index (κ2) is 7.55. The van der Waals surface area contributed by atoms with Crippen molar-refractivity contribution < 1.29 is 4.43 Å². The van der Waals surface area contributed by atoms with E-state index in [4.69, 9.17) is 4.43 Å². The van der Waals surface area contributed by atoms with Gasteiger partial charge in [-0.15, -0.1) is 0 Å². The van der Waals surface area contributed by atoms with Crippen LogP contribution in [0.25, 0.3) is 16.6 Å². The van der Waals surface area contributed by atoms with Gasteiger partial charge in [0, 0.05) is 17.5 Å². The highest BCUT2D eigenvalue weighted by atomic mass is 28.4. The summed E-state index contributed by atoms with van der Waals surface area (Å²) in [5.74, 6) is 1.07. The first-order valence-corrected chi connectivity index (χ1v) is 13.0. The van der Waals surface area contributed by atoms with Crippen molar-refractivity contribution in [1.29, 1.82) is 0 Å². The zero-order chi connectivity index (χ0) is 19.7. The van der Waals surface area contributed by atoms with Crippen LogP contribution in [0.2, 0.25) is 18.1 Å². The molecule has 0 saturated carbocycles. The van der Waals surface area contributed by atoms with Gasteiger partial charge in [-0.2, -0.15) is 0 Å². The Hall–Kier alpha value is -2.00. The van der Waals surface area contributed by atoms with Crippen molar-refractivity contribution in [2.45, 2.75) is 65.1 Å². The topological polar surface area (TPSA) is 13.6 Å². The third-order valence-corrected chi connectivity index (χ3v) is 10.2. The smallest absolute Gasteiger partial charge is 0.250 e. The second-order valence-corrected chi connectivity index (χ2v) is 13.7. The summed E-state index contributed by atoms with van der Waals surface area (Å²) in [5, 5.41) is 0.160. The predicted molar refractivity (Wildman–Crippen MR) is 119 cm³/mol. The number of fused-ring (bicyclic) bond motifs is 1. The van der Waals surface area contributed by atoms with Gasteiger partial charge < -0.3 is 8.83 Å². The van der Waals surface area contributed by atoms with E-state index in [9.17, 15) is 0 Å². The quantitative estimate of drug-likeness (QED) is 0.409. The highest BCUT2D eigenvalue weighted by Crippen LogP contribution is 2.45. The maximum absolute atomic E-state index is 6.94. The van der Waals surface area contributed by atoms with E-state index in [0.29, 0.717) is 0 Å². The lowest BCUT2D eigenvalue weighted by atomic mass is 10.0. The molecule has 0 aliphatic heterocycles. The van der Waals surface area contributed by atoms with Gasteiger partial charge >= 0.3 is 0 Å². The minimum absolute atomic E-state index is 0.160. The lowest BCUT2D eigenvalue weighted by Crippen LogP contribution is -2.43. The zero-order valence-corrected chi connectivity index (χ0v) is 18.7. The number of hydrogen-bond donors (Lipinski definition) is 0. The lowest BCUT2D eigenvalue weighted by Gasteiger charge is -2.36. The van der Waals surface area contributed by atoms with E-state index < -0.39 is 8.32 Å². The van der Waals surface area contributed by atoms with Crippen molar-refractivity contribution >= 4 is 13.8 Å². The molecule has 27 heavy (non-hydrogen) atoms. The van der Waals surface area contributed by atoms with Gasteiger partial charge in [0.15, 0.2) is 0 Å². The number of hydrogen-bond acceptors (Lipinski definition) is 1. The van der Waals surface area contributed by atoms with Crippen LogP contribution in [0.1, 0.15) is 46.2 Å². The Morgan fingerprint density at radius 3 is 2.26 bits per heavy atom. The van der Waals surface area contributed by atoms with Crippen LogP contribution in [0.15, 0.2) is 54.7 Å². The molecule has 0 radical (unpaired) electrons. The third kappa shape index (κ3) is 3.84. The van der Waals surface area contributed by atoms with Gasteiger partial charge in [-0.05, 0) is 48.7 Å². The Bertz CT molecular complexity index is 903. The Labute approximate surface area is 165 Å². The lowest BCUT2D eigenvalue weighted by molar-refractivity contribution is 0.498. The molecule has 0 fully saturated rings. The molecule has 0 aliphatic carbocycles. The summed E-state index contributed by atoms with van der Waals surface area (Å²) in [4.78, 5) is 0. The fraction of sp³-hybridized carbons (Fsp3) is 0.417. The standard InChI is InChI=1S/C24H33NOSi/c1-7-8-16-20-22(19-14-10-9-11-15-19)23(21-17-12-13-18-25(20)21)26-27(5,6)24(2,3)4/h9-15,17-18H,7-8,16H2,1-6H3. The monoisotopic (exact) mass is 379 g/mol. The highest BCUT2D eigenvalue weighted by molar-refractivity contribution is 6.74. The predicted octanol–water partition coefficient (Wildman–Crippen LogP) is 7.33. The largest absolute Gasteiger partial charge is 0.542 e. The van der Waals surface area contributed by atoms with Crippen LogP contribution in [0, 0.1) is 0 Å². The van der Waals surface area contributed by atoms with Crippen molar-refractivity contribution in [2.75, 3.05) is 0 Å². The fourth-order valence-corrected chi connectivity index (χ4v) is 4.27. The summed E-state index contributed by atoms with van der Waals surface area (Å²) in [6.07, 6.45) is 5.62. The van der Waals surface area contributed by atoms with Crippen LogP contribution in [-0.4, -0.2) is 12.7 Å². The van der Waals surface area contributed by atoms with Crippen molar-refractivity contribution in [2.24, 2.45) is 0 Å². The summed E-state index contributed by atoms with van der Waals surface area (Å²) in [6, 6.07) is 17.2. The van der Waals surface area contributed by atoms with Gasteiger partial charge in [0.1, 0.15) is 5.75 Å². The molecular formula is C24H33NOSi. The van der Waals surface area contributed by atoms with Gasteiger partial charge in [-0.25, -0.2) is 0 Å². The van der Waals surface area contributed by atoms with E-state index in [1.165, 1.54) is 35.2 Å². The van der Waals surface area contributed by atoms with Crippen LogP contribution < -0.4 is 4.43 Å². The van der Waals surface area contributed by atoms with Crippen molar-refractivity contribution in [3.63, 3.8) is 0 Å². The van der Waals surface area contributed by atoms with Crippen molar-refractivity contribution in [3.8, 4) is 16.9 Å². The molecule has 0 saturated heterocycles. The molecule has 0 atom stereocenters. The summed E-state index contributed by atoms with van der Waals surface area (Å²) in [7, 11) is -1.96. The number of rotatable bonds is 6. The maximum atomic E-state index is 6.94. The number of pyridine rings is 1. The minimum Gasteiger partial charge on any atom is -0.542 e. The normalized spacial score (nSPS) is 12.5. The Kier molecular flexibility index (Phi) is 5.52. The molecule has 0 unspecified atom stereocenters. The maximum Gasteiger partial charge on any atom is 0.250 e. The van der Waals surface area contributed by atoms with Crippen molar-refractivity contribution in [3.05, 3.63) is 60.4 Å². The fourth-order valence-electron chi connectivity index (χ4n) is 3.25. The number of aryl methyl sites for hydroxylation is 1. The Balaban J connectivity index is 2.27. The van der Waals surface area contributed by atoms with Gasteiger partial charge in [-0.3, -0.25) is 0 Å². The van der Waals surface area contributed by atoms with E-state index in [1.807, 2.05) is 0 Å². The first-order valence-electron chi connectivity index (χ1n) is 10.1. The number of nitrogens with zero attached hydrogens (tertiary/aromatic N) is 1. The molecule has 2 heterocycles. The number of unbranched alkanes of at least 4 members (excludes halogenated alkanes) is 1. The molecule has 144 valence electrons. The van der Waals surface area contributed by atoms with E-state index >= 15 is 0 Å². The first kappa shape index (κ1) is 19.8. The van der Waals surface area contributed by atoms with Crippen LogP contribution in [0.3, 0.4) is 0 Å². The molecule has 2 nitrogen and oxygen atoms in total. The second-order valence-electron chi connectivity index (χ2n) is 8.94. The van der Waals surface area contributed by atoms with Crippen LogP contribution >= 0.6 is 0 Å². The Morgan fingerprint density at radius 2 is 1.63 bits per heavy atom. The molecule has 3 aromatic rings. The molecular weight excluding hydrogens is 346 g/mol. The number of benzene rings is 1. The summed E-state index contributed by atoms with van der Waals surface area (Å²) in [5.41, 5.74) is 5.08. The van der Waals surface area contributed by atoms with E-state index in [-0.39, 0.29) is 5.04 Å². The number of aromatic nitrogens is 1. The van der Waals surface area contributed by atoms with Crippen LogP contribution in [0.4, 0.5) is 0 Å². The van der Waals surface area contributed by atoms with E-state index in [0.717, 1.165) is 12.2 Å². The van der Waals surface area contributed by atoms with Gasteiger partial charge in [0.2, 0.25) is 0 Å². The molecule has 0 N–H and O–H groups in total. The van der Waals surface area contributed by atoms with Crippen molar-refractivity contribution in [1.82, 2.24) is 4.40 Å². The van der Waals surface area contributed by atoms with Gasteiger partial charge in [0.05, 0.1) is 5.52 Å². The van der Waals surface area contributed by atoms with E-state index in [1.54, 1.807) is 0 Å². The Morgan fingerprint density at radius 1 is 0.963 bits per heavy atom. The molecule has 0 amide bonds. The zero-order valence-electron chi connectivity index (χ0n) is 17.7. The third-order valence-electron chi connectivity index (χ3n) is 5.89. The summed E-state index contributed by atoms with van der Waals surface area (Å²) in [6.45, 7) is 13.8. The highest BCUT2D eigenvalue weighted by Gasteiger charge is 2.40. The molecule has 0 spiro atoms. The molecule has 3 heteroatoms. The minimum atomic E-state index is -1.96. The van der Waals surface area contributed by atoms with Gasteiger partial charge in [-0.1, -0.05) is 70.5 Å². The molecule has 3 rings (SSSR count). The molecule has 0 aliphatic rings. The SMILES string of the molecule is CCCCc1c(-c2ccccc2)c(O[Si](C)(C)C(C)(C)C)c2ccccn12. The molecule has 2 aromatic heterocycles. The summed E-state index contributed by atoms with van der Waals surface area (Å²) >= 11 is 0. The average Bonchev–Trinajstić information content (AvgIpc) is 2.93.